The number of carbonyl (C=O) groups is 1. The van der Waals surface area contributed by atoms with E-state index in [-0.39, 0.29) is 5.91 Å². The highest BCUT2D eigenvalue weighted by molar-refractivity contribution is 5.96. The Morgan fingerprint density at radius 1 is 1.23 bits per heavy atom. The van der Waals surface area contributed by atoms with Crippen LogP contribution < -0.4 is 19.7 Å². The van der Waals surface area contributed by atoms with Gasteiger partial charge in [0.1, 0.15) is 24.0 Å². The van der Waals surface area contributed by atoms with Gasteiger partial charge in [0.15, 0.2) is 0 Å². The first-order chi connectivity index (χ1) is 12.7. The molecule has 0 bridgehead atoms. The lowest BCUT2D eigenvalue weighted by Crippen LogP contribution is -2.28. The minimum absolute atomic E-state index is 0.192. The van der Waals surface area contributed by atoms with E-state index in [1.165, 1.54) is 12.8 Å². The van der Waals surface area contributed by atoms with Crippen LogP contribution in [0, 0.1) is 6.92 Å². The van der Waals surface area contributed by atoms with E-state index in [2.05, 4.69) is 20.2 Å². The van der Waals surface area contributed by atoms with Crippen LogP contribution in [0.1, 0.15) is 29.0 Å². The molecule has 1 aliphatic rings. The maximum Gasteiger partial charge on any atom is 0.255 e. The Morgan fingerprint density at radius 3 is 2.77 bits per heavy atom. The fraction of sp³-hybridized carbons (Fsp3) is 0.421. The van der Waals surface area contributed by atoms with Crippen LogP contribution in [-0.4, -0.2) is 49.2 Å². The molecule has 0 radical (unpaired) electrons. The van der Waals surface area contributed by atoms with E-state index in [1.807, 2.05) is 19.1 Å². The third-order valence-electron chi connectivity index (χ3n) is 4.22. The zero-order valence-electron chi connectivity index (χ0n) is 15.2. The van der Waals surface area contributed by atoms with E-state index in [0.29, 0.717) is 36.2 Å². The van der Waals surface area contributed by atoms with Gasteiger partial charge in [0.05, 0.1) is 19.2 Å². The van der Waals surface area contributed by atoms with Crippen molar-refractivity contribution in [2.45, 2.75) is 19.8 Å². The molecule has 1 saturated heterocycles. The van der Waals surface area contributed by atoms with Crippen molar-refractivity contribution in [1.82, 2.24) is 15.3 Å². The predicted octanol–water partition coefficient (Wildman–Crippen LogP) is 2.20. The molecule has 26 heavy (non-hydrogen) atoms. The molecule has 1 N–H and O–H groups in total. The topological polar surface area (TPSA) is 76.6 Å². The normalized spacial score (nSPS) is 13.5. The van der Waals surface area contributed by atoms with Crippen molar-refractivity contribution in [3.05, 3.63) is 41.7 Å². The van der Waals surface area contributed by atoms with Gasteiger partial charge in [-0.1, -0.05) is 12.1 Å². The van der Waals surface area contributed by atoms with Gasteiger partial charge >= 0.3 is 0 Å². The van der Waals surface area contributed by atoms with E-state index in [1.54, 1.807) is 25.3 Å². The Labute approximate surface area is 153 Å². The SMILES string of the molecule is COc1ccccc1C(=O)NCCOc1cc(N2CCCC2)nc(C)n1. The zero-order valence-corrected chi connectivity index (χ0v) is 15.2. The summed E-state index contributed by atoms with van der Waals surface area (Å²) < 4.78 is 10.9. The third kappa shape index (κ3) is 4.41. The van der Waals surface area contributed by atoms with Crippen molar-refractivity contribution in [2.24, 2.45) is 0 Å². The number of anilines is 1. The molecule has 1 aliphatic heterocycles. The highest BCUT2D eigenvalue weighted by Crippen LogP contribution is 2.21. The average Bonchev–Trinajstić information content (AvgIpc) is 3.19. The Bertz CT molecular complexity index is 760. The number of nitrogens with one attached hydrogen (secondary N) is 1. The van der Waals surface area contributed by atoms with E-state index < -0.39 is 0 Å². The van der Waals surface area contributed by atoms with E-state index in [9.17, 15) is 4.79 Å². The molecule has 138 valence electrons. The maximum atomic E-state index is 12.2. The molecule has 0 saturated carbocycles. The summed E-state index contributed by atoms with van der Waals surface area (Å²) in [5, 5.41) is 2.83. The van der Waals surface area contributed by atoms with Crippen LogP contribution in [-0.2, 0) is 0 Å². The largest absolute Gasteiger partial charge is 0.496 e. The van der Waals surface area contributed by atoms with Crippen molar-refractivity contribution in [3.8, 4) is 11.6 Å². The number of nitrogens with zero attached hydrogens (tertiary/aromatic N) is 3. The van der Waals surface area contributed by atoms with Gasteiger partial charge in [0.25, 0.3) is 5.91 Å². The number of carbonyl (C=O) groups excluding carboxylic acids is 1. The second-order valence-corrected chi connectivity index (χ2v) is 6.11. The van der Waals surface area contributed by atoms with Crippen molar-refractivity contribution in [1.29, 1.82) is 0 Å². The molecule has 2 aromatic rings. The average molecular weight is 356 g/mol. The summed E-state index contributed by atoms with van der Waals surface area (Å²) in [7, 11) is 1.55. The fourth-order valence-electron chi connectivity index (χ4n) is 2.96. The second-order valence-electron chi connectivity index (χ2n) is 6.11. The second kappa shape index (κ2) is 8.51. The van der Waals surface area contributed by atoms with E-state index in [4.69, 9.17) is 9.47 Å². The van der Waals surface area contributed by atoms with Crippen molar-refractivity contribution >= 4 is 11.7 Å². The predicted molar refractivity (Wildman–Crippen MR) is 99.0 cm³/mol. The Hall–Kier alpha value is -2.83. The molecule has 3 rings (SSSR count). The number of rotatable bonds is 7. The molecule has 0 spiro atoms. The lowest BCUT2D eigenvalue weighted by atomic mass is 10.2. The quantitative estimate of drug-likeness (QED) is 0.767. The summed E-state index contributed by atoms with van der Waals surface area (Å²) in [5.41, 5.74) is 0.504. The van der Waals surface area contributed by atoms with Crippen LogP contribution in [0.15, 0.2) is 30.3 Å². The Morgan fingerprint density at radius 2 is 2.00 bits per heavy atom. The summed E-state index contributed by atoms with van der Waals surface area (Å²) in [6.07, 6.45) is 2.38. The number of hydrogen-bond acceptors (Lipinski definition) is 6. The lowest BCUT2D eigenvalue weighted by molar-refractivity contribution is 0.0943. The number of hydrogen-bond donors (Lipinski definition) is 1. The van der Waals surface area contributed by atoms with Crippen LogP contribution in [0.4, 0.5) is 5.82 Å². The number of aryl methyl sites for hydroxylation is 1. The smallest absolute Gasteiger partial charge is 0.255 e. The number of methoxy groups -OCH3 is 1. The third-order valence-corrected chi connectivity index (χ3v) is 4.22. The first-order valence-corrected chi connectivity index (χ1v) is 8.82. The fourth-order valence-corrected chi connectivity index (χ4v) is 2.96. The molecule has 1 fully saturated rings. The van der Waals surface area contributed by atoms with Crippen LogP contribution in [0.3, 0.4) is 0 Å². The summed E-state index contributed by atoms with van der Waals surface area (Å²) in [6.45, 7) is 4.60. The van der Waals surface area contributed by atoms with Gasteiger partial charge in [-0.3, -0.25) is 4.79 Å². The lowest BCUT2D eigenvalue weighted by Gasteiger charge is -2.17. The molecule has 0 unspecified atom stereocenters. The summed E-state index contributed by atoms with van der Waals surface area (Å²) in [5.74, 6) is 2.48. The van der Waals surface area contributed by atoms with Crippen LogP contribution in [0.25, 0.3) is 0 Å². The van der Waals surface area contributed by atoms with Crippen LogP contribution in [0.5, 0.6) is 11.6 Å². The van der Waals surface area contributed by atoms with Gasteiger partial charge < -0.3 is 19.7 Å². The van der Waals surface area contributed by atoms with Crippen molar-refractivity contribution in [2.75, 3.05) is 38.3 Å². The van der Waals surface area contributed by atoms with Crippen molar-refractivity contribution in [3.63, 3.8) is 0 Å². The summed E-state index contributed by atoms with van der Waals surface area (Å²) in [6, 6.07) is 8.98. The monoisotopic (exact) mass is 356 g/mol. The number of amides is 1. The summed E-state index contributed by atoms with van der Waals surface area (Å²) in [4.78, 5) is 23.3. The molecule has 0 atom stereocenters. The highest BCUT2D eigenvalue weighted by atomic mass is 16.5. The molecule has 7 heteroatoms. The zero-order chi connectivity index (χ0) is 18.4. The van der Waals surface area contributed by atoms with E-state index >= 15 is 0 Å². The summed E-state index contributed by atoms with van der Waals surface area (Å²) >= 11 is 0. The van der Waals surface area contributed by atoms with Gasteiger partial charge in [-0.2, -0.15) is 4.98 Å². The molecular weight excluding hydrogens is 332 g/mol. The van der Waals surface area contributed by atoms with Gasteiger partial charge in [0.2, 0.25) is 5.88 Å². The number of aromatic nitrogens is 2. The number of para-hydroxylation sites is 1. The first kappa shape index (κ1) is 18.0. The molecule has 2 heterocycles. The van der Waals surface area contributed by atoms with Crippen LogP contribution in [0.2, 0.25) is 0 Å². The van der Waals surface area contributed by atoms with Gasteiger partial charge in [-0.15, -0.1) is 0 Å². The van der Waals surface area contributed by atoms with Crippen LogP contribution >= 0.6 is 0 Å². The standard InChI is InChI=1S/C19H24N4O3/c1-14-21-17(23-10-5-6-11-23)13-18(22-14)26-12-9-20-19(24)15-7-3-4-8-16(15)25-2/h3-4,7-8,13H,5-6,9-12H2,1-2H3,(H,20,24). The number of ether oxygens (including phenoxy) is 2. The molecule has 1 aromatic heterocycles. The molecule has 0 aliphatic carbocycles. The molecule has 7 nitrogen and oxygen atoms in total. The van der Waals surface area contributed by atoms with Gasteiger partial charge in [-0.05, 0) is 31.9 Å². The molecule has 1 aromatic carbocycles. The molecular formula is C19H24N4O3. The maximum absolute atomic E-state index is 12.2. The Kier molecular flexibility index (Phi) is 5.88. The van der Waals surface area contributed by atoms with Gasteiger partial charge in [0, 0.05) is 19.2 Å². The minimum Gasteiger partial charge on any atom is -0.496 e. The van der Waals surface area contributed by atoms with Gasteiger partial charge in [-0.25, -0.2) is 4.98 Å². The first-order valence-electron chi connectivity index (χ1n) is 8.82. The van der Waals surface area contributed by atoms with E-state index in [0.717, 1.165) is 18.9 Å². The minimum atomic E-state index is -0.192. The van der Waals surface area contributed by atoms with Crippen molar-refractivity contribution < 1.29 is 14.3 Å². The number of benzene rings is 1. The molecule has 1 amide bonds. The Balaban J connectivity index is 1.52. The highest BCUT2D eigenvalue weighted by Gasteiger charge is 2.15.